The van der Waals surface area contributed by atoms with Crippen LogP contribution in [0.15, 0.2) is 33.3 Å². The van der Waals surface area contributed by atoms with E-state index in [1.807, 2.05) is 20.8 Å². The summed E-state index contributed by atoms with van der Waals surface area (Å²) in [6.07, 6.45) is 1.61. The summed E-state index contributed by atoms with van der Waals surface area (Å²) in [6.45, 7) is 5.64. The zero-order valence-corrected chi connectivity index (χ0v) is 19.0. The first-order chi connectivity index (χ1) is 12.5. The predicted octanol–water partition coefficient (Wildman–Crippen LogP) is 4.85. The number of amides is 1. The second-order valence-corrected chi connectivity index (χ2v) is 9.18. The highest BCUT2D eigenvalue weighted by Gasteiger charge is 2.19. The summed E-state index contributed by atoms with van der Waals surface area (Å²) in [5.74, 6) is -0.455. The second kappa shape index (κ2) is 8.71. The van der Waals surface area contributed by atoms with Gasteiger partial charge in [0.2, 0.25) is 0 Å². The number of aromatic hydroxyl groups is 1. The molecule has 0 saturated carbocycles. The minimum atomic E-state index is -0.381. The molecule has 0 aliphatic rings. The largest absolute Gasteiger partial charge is 0.506 e. The number of nitrogens with one attached hydrogen (secondary N) is 1. The number of phenolic OH excluding ortho intramolecular Hbond substituents is 1. The monoisotopic (exact) mass is 516 g/mol. The number of halogens is 3. The van der Waals surface area contributed by atoms with Crippen molar-refractivity contribution in [3.05, 3.63) is 55.2 Å². The molecule has 2 aromatic rings. The van der Waals surface area contributed by atoms with Crippen molar-refractivity contribution in [3.8, 4) is 5.75 Å². The average Bonchev–Trinajstić information content (AvgIpc) is 2.55. The molecule has 1 aromatic carbocycles. The molecule has 0 spiro atoms. The number of pyridine rings is 1. The summed E-state index contributed by atoms with van der Waals surface area (Å²) in [5, 5.41) is 13.4. The van der Waals surface area contributed by atoms with Crippen LogP contribution in [0.5, 0.6) is 5.75 Å². The van der Waals surface area contributed by atoms with Crippen molar-refractivity contribution in [1.29, 1.82) is 0 Å². The molecular weight excluding hydrogens is 499 g/mol. The first kappa shape index (κ1) is 21.9. The number of benzene rings is 1. The highest BCUT2D eigenvalue weighted by Crippen LogP contribution is 2.39. The molecule has 0 fully saturated rings. The Hall–Kier alpha value is -1.44. The molecule has 0 bridgehead atoms. The molecule has 1 amide bonds. The van der Waals surface area contributed by atoms with Crippen molar-refractivity contribution in [1.82, 2.24) is 10.3 Å². The van der Waals surface area contributed by atoms with Crippen molar-refractivity contribution in [3.63, 3.8) is 0 Å². The van der Waals surface area contributed by atoms with Crippen LogP contribution in [0.4, 0.5) is 0 Å². The number of Topliss-reactive ketones (excluding diaryl/α,β-unsaturated/α-hetero) is 1. The van der Waals surface area contributed by atoms with Gasteiger partial charge in [-0.3, -0.25) is 14.6 Å². The minimum absolute atomic E-state index is 0.00256. The topological polar surface area (TPSA) is 79.3 Å². The number of hydrogen-bond acceptors (Lipinski definition) is 4. The third kappa shape index (κ3) is 6.02. The van der Waals surface area contributed by atoms with Crippen LogP contribution in [0, 0.1) is 0 Å². The van der Waals surface area contributed by atoms with E-state index in [4.69, 9.17) is 11.6 Å². The zero-order valence-electron chi connectivity index (χ0n) is 15.1. The number of nitrogens with zero attached hydrogens (tertiary/aromatic N) is 1. The van der Waals surface area contributed by atoms with Gasteiger partial charge in [0.05, 0.1) is 9.50 Å². The number of carbonyl (C=O) groups excluding carboxylic acids is 2. The summed E-state index contributed by atoms with van der Waals surface area (Å²) < 4.78 is 0.904. The van der Waals surface area contributed by atoms with E-state index in [9.17, 15) is 14.7 Å². The van der Waals surface area contributed by atoms with Gasteiger partial charge in [0.15, 0.2) is 0 Å². The Labute approximate surface area is 179 Å². The molecule has 27 heavy (non-hydrogen) atoms. The lowest BCUT2D eigenvalue weighted by Gasteiger charge is -2.20. The third-order valence-electron chi connectivity index (χ3n) is 3.56. The Kier molecular flexibility index (Phi) is 7.05. The molecular formula is C19H19Br2ClN2O3. The van der Waals surface area contributed by atoms with Gasteiger partial charge in [-0.1, -0.05) is 11.6 Å². The summed E-state index contributed by atoms with van der Waals surface area (Å²) >= 11 is 12.6. The zero-order chi connectivity index (χ0) is 20.4. The van der Waals surface area contributed by atoms with Gasteiger partial charge in [-0.25, -0.2) is 0 Å². The Balaban J connectivity index is 2.16. The van der Waals surface area contributed by atoms with Crippen molar-refractivity contribution in [2.24, 2.45) is 0 Å². The fourth-order valence-corrected chi connectivity index (χ4v) is 3.66. The molecule has 144 valence electrons. The van der Waals surface area contributed by atoms with E-state index >= 15 is 0 Å². The normalized spacial score (nSPS) is 11.3. The van der Waals surface area contributed by atoms with Crippen LogP contribution in [-0.2, 0) is 17.6 Å². The molecule has 5 nitrogen and oxygen atoms in total. The predicted molar refractivity (Wildman–Crippen MR) is 112 cm³/mol. The standard InChI is InChI=1S/C19H19Br2ClN2O3/c1-19(2,3)24-18(27)15-7-10(4-5-23-15)6-11(25)8-12-16(21)14(22)9-13(20)17(12)26/h4-5,7,9,26H,6,8H2,1-3H3,(H,24,27). The first-order valence-electron chi connectivity index (χ1n) is 8.12. The summed E-state index contributed by atoms with van der Waals surface area (Å²) in [5.41, 5.74) is 0.962. The lowest BCUT2D eigenvalue weighted by molar-refractivity contribution is -0.117. The first-order valence-corrected chi connectivity index (χ1v) is 10.1. The molecule has 2 rings (SSSR count). The molecule has 0 saturated heterocycles. The van der Waals surface area contributed by atoms with Crippen LogP contribution in [0.3, 0.4) is 0 Å². The van der Waals surface area contributed by atoms with Crippen molar-refractivity contribution < 1.29 is 14.7 Å². The number of rotatable bonds is 5. The van der Waals surface area contributed by atoms with Gasteiger partial charge >= 0.3 is 0 Å². The van der Waals surface area contributed by atoms with E-state index < -0.39 is 0 Å². The number of hydrogen-bond donors (Lipinski definition) is 2. The molecule has 0 radical (unpaired) electrons. The maximum atomic E-state index is 12.5. The highest BCUT2D eigenvalue weighted by molar-refractivity contribution is 9.11. The van der Waals surface area contributed by atoms with Gasteiger partial charge in [-0.05, 0) is 76.4 Å². The van der Waals surface area contributed by atoms with Crippen LogP contribution >= 0.6 is 43.5 Å². The number of ketones is 1. The van der Waals surface area contributed by atoms with Crippen LogP contribution in [0.25, 0.3) is 0 Å². The van der Waals surface area contributed by atoms with Crippen molar-refractivity contribution >= 4 is 55.2 Å². The van der Waals surface area contributed by atoms with Gasteiger partial charge < -0.3 is 10.4 Å². The van der Waals surface area contributed by atoms with E-state index in [-0.39, 0.29) is 41.5 Å². The van der Waals surface area contributed by atoms with E-state index in [0.717, 1.165) is 0 Å². The third-order valence-corrected chi connectivity index (χ3v) is 5.60. The van der Waals surface area contributed by atoms with Gasteiger partial charge in [-0.2, -0.15) is 0 Å². The van der Waals surface area contributed by atoms with Crippen LogP contribution < -0.4 is 5.32 Å². The minimum Gasteiger partial charge on any atom is -0.506 e. The summed E-state index contributed by atoms with van der Waals surface area (Å²) in [6, 6.07) is 4.84. The smallest absolute Gasteiger partial charge is 0.270 e. The molecule has 8 heteroatoms. The molecule has 0 aliphatic carbocycles. The average molecular weight is 519 g/mol. The number of phenols is 1. The SMILES string of the molecule is CC(C)(C)NC(=O)c1cc(CC(=O)Cc2c(O)c(Br)cc(Cl)c2Br)ccn1. The van der Waals surface area contributed by atoms with E-state index in [1.54, 1.807) is 18.2 Å². The Morgan fingerprint density at radius 1 is 1.22 bits per heavy atom. The molecule has 1 aromatic heterocycles. The van der Waals surface area contributed by atoms with Gasteiger partial charge in [0.1, 0.15) is 17.2 Å². The summed E-state index contributed by atoms with van der Waals surface area (Å²) in [7, 11) is 0. The molecule has 2 N–H and O–H groups in total. The van der Waals surface area contributed by atoms with Gasteiger partial charge in [0, 0.05) is 34.6 Å². The quantitative estimate of drug-likeness (QED) is 0.555. The molecule has 0 unspecified atom stereocenters. The van der Waals surface area contributed by atoms with Crippen molar-refractivity contribution in [2.75, 3.05) is 0 Å². The van der Waals surface area contributed by atoms with E-state index in [1.165, 1.54) is 6.20 Å². The van der Waals surface area contributed by atoms with Crippen LogP contribution in [0.1, 0.15) is 42.4 Å². The fourth-order valence-electron chi connectivity index (χ4n) is 2.40. The highest BCUT2D eigenvalue weighted by atomic mass is 79.9. The lowest BCUT2D eigenvalue weighted by Crippen LogP contribution is -2.40. The second-order valence-electron chi connectivity index (χ2n) is 7.13. The number of carbonyl (C=O) groups is 2. The van der Waals surface area contributed by atoms with Crippen LogP contribution in [-0.4, -0.2) is 27.3 Å². The number of aromatic nitrogens is 1. The van der Waals surface area contributed by atoms with Gasteiger partial charge in [-0.15, -0.1) is 0 Å². The maximum Gasteiger partial charge on any atom is 0.270 e. The molecule has 0 atom stereocenters. The maximum absolute atomic E-state index is 12.5. The van der Waals surface area contributed by atoms with Gasteiger partial charge in [0.25, 0.3) is 5.91 Å². The van der Waals surface area contributed by atoms with Crippen LogP contribution in [0.2, 0.25) is 5.02 Å². The Morgan fingerprint density at radius 2 is 1.89 bits per heavy atom. The van der Waals surface area contributed by atoms with E-state index in [0.29, 0.717) is 25.1 Å². The Bertz CT molecular complexity index is 869. The molecule has 0 aliphatic heterocycles. The molecule has 1 heterocycles. The van der Waals surface area contributed by atoms with Crippen molar-refractivity contribution in [2.45, 2.75) is 39.2 Å². The summed E-state index contributed by atoms with van der Waals surface area (Å²) in [4.78, 5) is 28.8. The van der Waals surface area contributed by atoms with E-state index in [2.05, 4.69) is 42.2 Å². The lowest BCUT2D eigenvalue weighted by atomic mass is 10.0. The Morgan fingerprint density at radius 3 is 2.52 bits per heavy atom. The fraction of sp³-hybridized carbons (Fsp3) is 0.316.